The quantitative estimate of drug-likeness (QED) is 0.947. The van der Waals surface area contributed by atoms with Gasteiger partial charge in [-0.05, 0) is 19.1 Å². The van der Waals surface area contributed by atoms with Crippen LogP contribution in [-0.4, -0.2) is 29.7 Å². The highest BCUT2D eigenvalue weighted by Gasteiger charge is 2.19. The van der Waals surface area contributed by atoms with E-state index in [0.717, 1.165) is 23.7 Å². The van der Waals surface area contributed by atoms with E-state index >= 15 is 0 Å². The summed E-state index contributed by atoms with van der Waals surface area (Å²) in [6.45, 7) is 3.19. The van der Waals surface area contributed by atoms with Crippen LogP contribution in [0.5, 0.6) is 0 Å². The van der Waals surface area contributed by atoms with Gasteiger partial charge in [-0.15, -0.1) is 23.1 Å². The number of rotatable bonds is 3. The van der Waals surface area contributed by atoms with E-state index in [4.69, 9.17) is 0 Å². The molecule has 6 heteroatoms. The van der Waals surface area contributed by atoms with Gasteiger partial charge in [0.15, 0.2) is 5.13 Å². The van der Waals surface area contributed by atoms with Gasteiger partial charge in [-0.3, -0.25) is 4.79 Å². The molecule has 1 aliphatic heterocycles. The smallest absolute Gasteiger partial charge is 0.245 e. The van der Waals surface area contributed by atoms with E-state index in [2.05, 4.69) is 27.3 Å². The Labute approximate surface area is 126 Å². The zero-order chi connectivity index (χ0) is 13.9. The second-order valence-corrected chi connectivity index (χ2v) is 6.57. The second kappa shape index (κ2) is 5.85. The normalized spacial score (nSPS) is 13.9. The van der Waals surface area contributed by atoms with E-state index in [0.29, 0.717) is 11.7 Å². The van der Waals surface area contributed by atoms with E-state index < -0.39 is 0 Å². The first-order valence-electron chi connectivity index (χ1n) is 6.41. The second-order valence-electron chi connectivity index (χ2n) is 4.58. The lowest BCUT2D eigenvalue weighted by Gasteiger charge is -2.29. The first-order chi connectivity index (χ1) is 9.72. The number of amides is 1. The molecule has 0 atom stereocenters. The average Bonchev–Trinajstić information content (AvgIpc) is 2.84. The van der Waals surface area contributed by atoms with Crippen LogP contribution in [0.4, 0.5) is 10.8 Å². The summed E-state index contributed by atoms with van der Waals surface area (Å²) in [7, 11) is 0. The summed E-state index contributed by atoms with van der Waals surface area (Å²) in [5.41, 5.74) is 2.08. The van der Waals surface area contributed by atoms with Crippen LogP contribution in [0.25, 0.3) is 0 Å². The number of carbonyl (C=O) groups is 1. The summed E-state index contributed by atoms with van der Waals surface area (Å²) in [6, 6.07) is 8.23. The van der Waals surface area contributed by atoms with Crippen LogP contribution in [0.15, 0.2) is 34.5 Å². The first-order valence-corrected chi connectivity index (χ1v) is 8.27. The number of para-hydroxylation sites is 1. The average molecular weight is 305 g/mol. The number of thiazole rings is 1. The number of aromatic nitrogens is 1. The van der Waals surface area contributed by atoms with Gasteiger partial charge >= 0.3 is 0 Å². The maximum Gasteiger partial charge on any atom is 0.245 e. The van der Waals surface area contributed by atoms with Gasteiger partial charge < -0.3 is 10.2 Å². The van der Waals surface area contributed by atoms with Crippen molar-refractivity contribution >= 4 is 39.8 Å². The monoisotopic (exact) mass is 305 g/mol. The number of benzene rings is 1. The van der Waals surface area contributed by atoms with Crippen molar-refractivity contribution in [1.29, 1.82) is 0 Å². The topological polar surface area (TPSA) is 45.2 Å². The molecule has 0 aliphatic carbocycles. The summed E-state index contributed by atoms with van der Waals surface area (Å²) < 4.78 is 0. The van der Waals surface area contributed by atoms with Gasteiger partial charge in [-0.2, -0.15) is 0 Å². The van der Waals surface area contributed by atoms with Crippen molar-refractivity contribution in [1.82, 2.24) is 4.98 Å². The van der Waals surface area contributed by atoms with Gasteiger partial charge in [0.25, 0.3) is 0 Å². The van der Waals surface area contributed by atoms with Gasteiger partial charge in [-0.1, -0.05) is 12.1 Å². The minimum atomic E-state index is -0.0129. The summed E-state index contributed by atoms with van der Waals surface area (Å²) in [6.07, 6.45) is 0. The van der Waals surface area contributed by atoms with Crippen molar-refractivity contribution in [3.05, 3.63) is 35.3 Å². The highest BCUT2D eigenvalue weighted by atomic mass is 32.2. The van der Waals surface area contributed by atoms with Crippen LogP contribution in [0, 0.1) is 6.92 Å². The number of carbonyl (C=O) groups excluding carboxylic acids is 1. The molecule has 0 unspecified atom stereocenters. The lowest BCUT2D eigenvalue weighted by atomic mass is 10.2. The fourth-order valence-corrected chi connectivity index (χ4v) is 3.89. The minimum absolute atomic E-state index is 0.0129. The lowest BCUT2D eigenvalue weighted by molar-refractivity contribution is -0.115. The molecule has 0 saturated carbocycles. The predicted octanol–water partition coefficient (Wildman–Crippen LogP) is 3.00. The van der Waals surface area contributed by atoms with Crippen molar-refractivity contribution in [2.24, 2.45) is 0 Å². The molecule has 1 N–H and O–H groups in total. The summed E-state index contributed by atoms with van der Waals surface area (Å²) >= 11 is 3.30. The molecule has 0 spiro atoms. The Morgan fingerprint density at radius 3 is 3.10 bits per heavy atom. The Kier molecular flexibility index (Phi) is 3.93. The number of hydrogen-bond acceptors (Lipinski definition) is 5. The van der Waals surface area contributed by atoms with Crippen LogP contribution < -0.4 is 10.2 Å². The predicted molar refractivity (Wildman–Crippen MR) is 84.9 cm³/mol. The zero-order valence-corrected chi connectivity index (χ0v) is 12.8. The van der Waals surface area contributed by atoms with Gasteiger partial charge in [0.1, 0.15) is 0 Å². The molecule has 1 amide bonds. The lowest BCUT2D eigenvalue weighted by Crippen LogP contribution is -2.36. The third-order valence-electron chi connectivity index (χ3n) is 3.02. The molecule has 2 aromatic rings. The molecule has 1 aromatic heterocycles. The van der Waals surface area contributed by atoms with Crippen molar-refractivity contribution in [2.75, 3.05) is 29.1 Å². The highest BCUT2D eigenvalue weighted by molar-refractivity contribution is 7.99. The largest absolute Gasteiger partial charge is 0.360 e. The maximum absolute atomic E-state index is 12.1. The van der Waals surface area contributed by atoms with E-state index in [-0.39, 0.29) is 5.91 Å². The number of nitrogens with zero attached hydrogens (tertiary/aromatic N) is 2. The van der Waals surface area contributed by atoms with Crippen molar-refractivity contribution in [2.45, 2.75) is 11.8 Å². The SMILES string of the molecule is Cc1csc(NC(=O)CN2CCSc3ccccc32)n1. The van der Waals surface area contributed by atoms with E-state index in [1.165, 1.54) is 16.2 Å². The van der Waals surface area contributed by atoms with Gasteiger partial charge in [-0.25, -0.2) is 4.98 Å². The van der Waals surface area contributed by atoms with Crippen LogP contribution in [0.3, 0.4) is 0 Å². The molecule has 20 heavy (non-hydrogen) atoms. The molecule has 0 bridgehead atoms. The number of hydrogen-bond donors (Lipinski definition) is 1. The zero-order valence-electron chi connectivity index (χ0n) is 11.1. The fourth-order valence-electron chi connectivity index (χ4n) is 2.13. The summed E-state index contributed by atoms with van der Waals surface area (Å²) in [5.74, 6) is 1.00. The molecule has 1 aromatic carbocycles. The standard InChI is InChI=1S/C14H15N3OS2/c1-10-9-20-14(15-10)16-13(18)8-17-6-7-19-12-5-3-2-4-11(12)17/h2-5,9H,6-8H2,1H3,(H,15,16,18). The molecular formula is C14H15N3OS2. The molecule has 0 saturated heterocycles. The first kappa shape index (κ1) is 13.5. The maximum atomic E-state index is 12.1. The molecule has 104 valence electrons. The van der Waals surface area contributed by atoms with E-state index in [1.807, 2.05) is 36.2 Å². The van der Waals surface area contributed by atoms with Gasteiger partial charge in [0.2, 0.25) is 5.91 Å². The molecular weight excluding hydrogens is 290 g/mol. The third-order valence-corrected chi connectivity index (χ3v) is 4.94. The Hall–Kier alpha value is -1.53. The van der Waals surface area contributed by atoms with Crippen LogP contribution >= 0.6 is 23.1 Å². The molecule has 1 aliphatic rings. The van der Waals surface area contributed by atoms with E-state index in [1.54, 1.807) is 0 Å². The number of nitrogens with one attached hydrogen (secondary N) is 1. The van der Waals surface area contributed by atoms with Crippen molar-refractivity contribution in [3.63, 3.8) is 0 Å². The Bertz CT molecular complexity index is 626. The summed E-state index contributed by atoms with van der Waals surface area (Å²) in [4.78, 5) is 19.7. The molecule has 4 nitrogen and oxygen atoms in total. The Morgan fingerprint density at radius 2 is 2.30 bits per heavy atom. The Balaban J connectivity index is 1.68. The minimum Gasteiger partial charge on any atom is -0.360 e. The van der Waals surface area contributed by atoms with Gasteiger partial charge in [0.05, 0.1) is 17.9 Å². The number of thioether (sulfide) groups is 1. The molecule has 3 rings (SSSR count). The number of fused-ring (bicyclic) bond motifs is 1. The fraction of sp³-hybridized carbons (Fsp3) is 0.286. The molecule has 0 radical (unpaired) electrons. The third kappa shape index (κ3) is 2.96. The number of anilines is 2. The van der Waals surface area contributed by atoms with E-state index in [9.17, 15) is 4.79 Å². The van der Waals surface area contributed by atoms with Gasteiger partial charge in [0, 0.05) is 22.6 Å². The van der Waals surface area contributed by atoms with Crippen molar-refractivity contribution < 1.29 is 4.79 Å². The number of aryl methyl sites for hydroxylation is 1. The molecule has 2 heterocycles. The highest BCUT2D eigenvalue weighted by Crippen LogP contribution is 2.34. The molecule has 0 fully saturated rings. The van der Waals surface area contributed by atoms with Crippen LogP contribution in [0.2, 0.25) is 0 Å². The summed E-state index contributed by atoms with van der Waals surface area (Å²) in [5, 5.41) is 5.47. The van der Waals surface area contributed by atoms with Crippen LogP contribution in [0.1, 0.15) is 5.69 Å². The van der Waals surface area contributed by atoms with Crippen LogP contribution in [-0.2, 0) is 4.79 Å². The Morgan fingerprint density at radius 1 is 1.45 bits per heavy atom. The van der Waals surface area contributed by atoms with Crippen molar-refractivity contribution in [3.8, 4) is 0 Å².